The average Bonchev–Trinajstić information content (AvgIpc) is 2.94. The van der Waals surface area contributed by atoms with Gasteiger partial charge in [-0.2, -0.15) is 0 Å². The van der Waals surface area contributed by atoms with Gasteiger partial charge in [0.25, 0.3) is 5.91 Å². The van der Waals surface area contributed by atoms with Crippen molar-refractivity contribution in [3.8, 4) is 11.8 Å². The van der Waals surface area contributed by atoms with Crippen LogP contribution in [-0.4, -0.2) is 47.3 Å². The van der Waals surface area contributed by atoms with Crippen LogP contribution >= 0.6 is 11.6 Å². The van der Waals surface area contributed by atoms with Crippen LogP contribution in [0.3, 0.4) is 0 Å². The van der Waals surface area contributed by atoms with Crippen molar-refractivity contribution in [2.24, 2.45) is 5.92 Å². The Morgan fingerprint density at radius 1 is 1.43 bits per heavy atom. The number of aliphatic hydroxyl groups is 2. The summed E-state index contributed by atoms with van der Waals surface area (Å²) in [5.74, 6) is 5.60. The Morgan fingerprint density at radius 3 is 2.90 bits per heavy atom. The van der Waals surface area contributed by atoms with Gasteiger partial charge in [-0.15, -0.1) is 0 Å². The van der Waals surface area contributed by atoms with Crippen molar-refractivity contribution in [3.05, 3.63) is 34.3 Å². The minimum atomic E-state index is -0.225. The highest BCUT2D eigenvalue weighted by Crippen LogP contribution is 2.23. The molecule has 2 rings (SSSR count). The zero-order chi connectivity index (χ0) is 15.2. The topological polar surface area (TPSA) is 60.8 Å². The van der Waals surface area contributed by atoms with Gasteiger partial charge in [-0.25, -0.2) is 0 Å². The Kier molecular flexibility index (Phi) is 5.63. The molecule has 0 spiro atoms. The summed E-state index contributed by atoms with van der Waals surface area (Å²) in [5, 5.41) is 18.0. The lowest BCUT2D eigenvalue weighted by atomic mass is 10.1. The Bertz CT molecular complexity index is 577. The molecule has 5 heteroatoms. The van der Waals surface area contributed by atoms with Crippen LogP contribution in [0.5, 0.6) is 0 Å². The minimum absolute atomic E-state index is 0.0426. The summed E-state index contributed by atoms with van der Waals surface area (Å²) in [6.45, 7) is 1.34. The molecule has 1 aliphatic heterocycles. The summed E-state index contributed by atoms with van der Waals surface area (Å²) in [7, 11) is 0. The van der Waals surface area contributed by atoms with Gasteiger partial charge in [-0.3, -0.25) is 4.79 Å². The molecule has 0 radical (unpaired) electrons. The highest BCUT2D eigenvalue weighted by Gasteiger charge is 2.26. The second-order valence-electron chi connectivity index (χ2n) is 5.07. The van der Waals surface area contributed by atoms with Crippen LogP contribution in [0.4, 0.5) is 0 Å². The second-order valence-corrected chi connectivity index (χ2v) is 5.48. The number of hydrogen-bond donors (Lipinski definition) is 2. The molecule has 1 amide bonds. The highest BCUT2D eigenvalue weighted by molar-refractivity contribution is 6.32. The molecule has 2 N–H and O–H groups in total. The molecule has 4 nitrogen and oxygen atoms in total. The highest BCUT2D eigenvalue weighted by atomic mass is 35.5. The first-order valence-corrected chi connectivity index (χ1v) is 7.33. The smallest absolute Gasteiger partial charge is 0.253 e. The summed E-state index contributed by atoms with van der Waals surface area (Å²) in [6, 6.07) is 5.01. The van der Waals surface area contributed by atoms with E-state index in [-0.39, 0.29) is 19.1 Å². The van der Waals surface area contributed by atoms with E-state index in [0.717, 1.165) is 12.8 Å². The Labute approximate surface area is 129 Å². The van der Waals surface area contributed by atoms with E-state index in [1.165, 1.54) is 0 Å². The van der Waals surface area contributed by atoms with Crippen molar-refractivity contribution < 1.29 is 15.0 Å². The zero-order valence-electron chi connectivity index (χ0n) is 11.7. The monoisotopic (exact) mass is 307 g/mol. The molecule has 112 valence electrons. The lowest BCUT2D eigenvalue weighted by molar-refractivity contribution is 0.0784. The molecule has 1 heterocycles. The first-order valence-electron chi connectivity index (χ1n) is 6.95. The summed E-state index contributed by atoms with van der Waals surface area (Å²) in [6.07, 6.45) is 1.67. The van der Waals surface area contributed by atoms with Crippen molar-refractivity contribution in [3.63, 3.8) is 0 Å². The van der Waals surface area contributed by atoms with E-state index in [0.29, 0.717) is 35.2 Å². The van der Waals surface area contributed by atoms with Gasteiger partial charge in [0.15, 0.2) is 0 Å². The summed E-state index contributed by atoms with van der Waals surface area (Å²) >= 11 is 6.11. The van der Waals surface area contributed by atoms with E-state index in [2.05, 4.69) is 11.8 Å². The normalized spacial score (nSPS) is 17.5. The van der Waals surface area contributed by atoms with E-state index in [1.54, 1.807) is 23.1 Å². The van der Waals surface area contributed by atoms with Crippen LogP contribution in [-0.2, 0) is 0 Å². The van der Waals surface area contributed by atoms with Crippen LogP contribution < -0.4 is 0 Å². The number of carbonyl (C=O) groups is 1. The molecule has 0 aromatic heterocycles. The largest absolute Gasteiger partial charge is 0.396 e. The van der Waals surface area contributed by atoms with Gasteiger partial charge in [0.1, 0.15) is 6.61 Å². The maximum absolute atomic E-state index is 12.4. The second kappa shape index (κ2) is 7.46. The maximum atomic E-state index is 12.4. The zero-order valence-corrected chi connectivity index (χ0v) is 12.4. The van der Waals surface area contributed by atoms with E-state index in [1.807, 2.05) is 0 Å². The van der Waals surface area contributed by atoms with Gasteiger partial charge in [0.05, 0.1) is 5.02 Å². The predicted molar refractivity (Wildman–Crippen MR) is 81.1 cm³/mol. The molecule has 0 bridgehead atoms. The SMILES string of the molecule is O=C(c1ccc(C#CCO)c(Cl)c1)N1CCC(CCO)C1. The third kappa shape index (κ3) is 3.98. The fourth-order valence-electron chi connectivity index (χ4n) is 2.50. The number of aliphatic hydroxyl groups excluding tert-OH is 2. The molecule has 21 heavy (non-hydrogen) atoms. The van der Waals surface area contributed by atoms with Gasteiger partial charge in [-0.05, 0) is 37.0 Å². The Balaban J connectivity index is 2.08. The molecule has 1 aromatic carbocycles. The molecule has 1 aromatic rings. The first kappa shape index (κ1) is 15.8. The minimum Gasteiger partial charge on any atom is -0.396 e. The average molecular weight is 308 g/mol. The van der Waals surface area contributed by atoms with Crippen molar-refractivity contribution in [2.75, 3.05) is 26.3 Å². The van der Waals surface area contributed by atoms with Crippen LogP contribution in [0.15, 0.2) is 18.2 Å². The lowest BCUT2D eigenvalue weighted by Crippen LogP contribution is -2.28. The van der Waals surface area contributed by atoms with Crippen LogP contribution in [0.1, 0.15) is 28.8 Å². The van der Waals surface area contributed by atoms with Gasteiger partial charge >= 0.3 is 0 Å². The number of benzene rings is 1. The van der Waals surface area contributed by atoms with E-state index >= 15 is 0 Å². The molecule has 1 aliphatic rings. The van der Waals surface area contributed by atoms with Gasteiger partial charge < -0.3 is 15.1 Å². The van der Waals surface area contributed by atoms with E-state index in [9.17, 15) is 4.79 Å². The molecule has 1 atom stereocenters. The molecule has 1 unspecified atom stereocenters. The van der Waals surface area contributed by atoms with Gasteiger partial charge in [-0.1, -0.05) is 23.4 Å². The number of carbonyl (C=O) groups excluding carboxylic acids is 1. The summed E-state index contributed by atoms with van der Waals surface area (Å²) in [4.78, 5) is 14.2. The summed E-state index contributed by atoms with van der Waals surface area (Å²) < 4.78 is 0. The first-order chi connectivity index (χ1) is 10.2. The van der Waals surface area contributed by atoms with Gasteiger partial charge in [0, 0.05) is 30.8 Å². The fraction of sp³-hybridized carbons (Fsp3) is 0.438. The van der Waals surface area contributed by atoms with Gasteiger partial charge in [0.2, 0.25) is 0 Å². The molecular weight excluding hydrogens is 290 g/mol. The number of nitrogens with zero attached hydrogens (tertiary/aromatic N) is 1. The fourth-order valence-corrected chi connectivity index (χ4v) is 2.73. The third-order valence-corrected chi connectivity index (χ3v) is 3.94. The van der Waals surface area contributed by atoms with E-state index < -0.39 is 0 Å². The number of rotatable bonds is 3. The standard InChI is InChI=1S/C16H18ClNO3/c17-15-10-14(4-3-13(15)2-1-8-19)16(21)18-7-5-12(11-18)6-9-20/h3-4,10,12,19-20H,5-9,11H2. The molecular formula is C16H18ClNO3. The van der Waals surface area contributed by atoms with Crippen LogP contribution in [0, 0.1) is 17.8 Å². The van der Waals surface area contributed by atoms with Crippen molar-refractivity contribution >= 4 is 17.5 Å². The quantitative estimate of drug-likeness (QED) is 0.833. The van der Waals surface area contributed by atoms with Crippen LogP contribution in [0.25, 0.3) is 0 Å². The molecule has 1 fully saturated rings. The number of hydrogen-bond acceptors (Lipinski definition) is 3. The van der Waals surface area contributed by atoms with Crippen molar-refractivity contribution in [1.82, 2.24) is 4.90 Å². The molecule has 0 saturated carbocycles. The molecule has 0 aliphatic carbocycles. The van der Waals surface area contributed by atoms with Crippen molar-refractivity contribution in [2.45, 2.75) is 12.8 Å². The number of likely N-dealkylation sites (tertiary alicyclic amines) is 1. The Hall–Kier alpha value is -1.54. The van der Waals surface area contributed by atoms with E-state index in [4.69, 9.17) is 21.8 Å². The maximum Gasteiger partial charge on any atom is 0.253 e. The third-order valence-electron chi connectivity index (χ3n) is 3.63. The van der Waals surface area contributed by atoms with Crippen molar-refractivity contribution in [1.29, 1.82) is 0 Å². The molecule has 1 saturated heterocycles. The predicted octanol–water partition coefficient (Wildman–Crippen LogP) is 1.53. The number of amides is 1. The number of halogens is 1. The lowest BCUT2D eigenvalue weighted by Gasteiger charge is -2.16. The summed E-state index contributed by atoms with van der Waals surface area (Å²) in [5.41, 5.74) is 1.14. The Morgan fingerprint density at radius 2 is 2.24 bits per heavy atom. The van der Waals surface area contributed by atoms with Crippen LogP contribution in [0.2, 0.25) is 5.02 Å².